The van der Waals surface area contributed by atoms with Crippen LogP contribution in [0.5, 0.6) is 0 Å². The Balaban J connectivity index is 1.61. The van der Waals surface area contributed by atoms with E-state index in [1.54, 1.807) is 11.8 Å². The van der Waals surface area contributed by atoms with Crippen LogP contribution in [0.3, 0.4) is 0 Å². The number of nitrogens with zero attached hydrogens (tertiary/aromatic N) is 1. The van der Waals surface area contributed by atoms with Gasteiger partial charge in [-0.2, -0.15) is 0 Å². The van der Waals surface area contributed by atoms with Gasteiger partial charge in [-0.3, -0.25) is 4.79 Å². The zero-order valence-corrected chi connectivity index (χ0v) is 12.8. The minimum absolute atomic E-state index is 0.0797. The van der Waals surface area contributed by atoms with Crippen LogP contribution < -0.4 is 0 Å². The van der Waals surface area contributed by atoms with Gasteiger partial charge in [-0.05, 0) is 30.4 Å². The van der Waals surface area contributed by atoms with Crippen molar-refractivity contribution in [2.24, 2.45) is 0 Å². The monoisotopic (exact) mass is 305 g/mol. The van der Waals surface area contributed by atoms with Crippen molar-refractivity contribution in [3.05, 3.63) is 46.0 Å². The number of thiazole rings is 1. The van der Waals surface area contributed by atoms with Crippen LogP contribution in [-0.2, 0) is 17.6 Å². The van der Waals surface area contributed by atoms with E-state index in [4.69, 9.17) is 5.11 Å². The lowest BCUT2D eigenvalue weighted by atomic mass is 9.79. The standard InChI is InChI=1S/C15H15NO2S2/c1-9-13(7-14(17)18)20-15(16-9)19-8-11-6-10-4-2-3-5-12(10)11/h2-5,11H,6-8H2,1H3,(H,17,18). The van der Waals surface area contributed by atoms with E-state index >= 15 is 0 Å². The van der Waals surface area contributed by atoms with Crippen LogP contribution >= 0.6 is 23.1 Å². The Labute approximate surface area is 126 Å². The molecule has 0 saturated heterocycles. The Bertz CT molecular complexity index is 651. The van der Waals surface area contributed by atoms with Crippen LogP contribution in [0, 0.1) is 6.92 Å². The molecule has 1 atom stereocenters. The number of rotatable bonds is 5. The Morgan fingerprint density at radius 3 is 3.05 bits per heavy atom. The highest BCUT2D eigenvalue weighted by atomic mass is 32.2. The molecule has 0 saturated carbocycles. The summed E-state index contributed by atoms with van der Waals surface area (Å²) in [6.07, 6.45) is 1.23. The largest absolute Gasteiger partial charge is 0.481 e. The van der Waals surface area contributed by atoms with E-state index in [0.717, 1.165) is 27.1 Å². The van der Waals surface area contributed by atoms with Crippen LogP contribution in [0.2, 0.25) is 0 Å². The fraction of sp³-hybridized carbons (Fsp3) is 0.333. The summed E-state index contributed by atoms with van der Waals surface area (Å²) in [6.45, 7) is 1.89. The molecule has 1 aromatic heterocycles. The van der Waals surface area contributed by atoms with Gasteiger partial charge in [-0.1, -0.05) is 36.0 Å². The number of carbonyl (C=O) groups is 1. The highest BCUT2D eigenvalue weighted by Gasteiger charge is 2.25. The summed E-state index contributed by atoms with van der Waals surface area (Å²) in [4.78, 5) is 16.1. The van der Waals surface area contributed by atoms with E-state index in [1.165, 1.54) is 22.5 Å². The van der Waals surface area contributed by atoms with E-state index in [-0.39, 0.29) is 6.42 Å². The Kier molecular flexibility index (Phi) is 3.81. The van der Waals surface area contributed by atoms with Gasteiger partial charge < -0.3 is 5.11 Å². The van der Waals surface area contributed by atoms with E-state index in [9.17, 15) is 4.79 Å². The number of fused-ring (bicyclic) bond motifs is 1. The molecule has 20 heavy (non-hydrogen) atoms. The van der Waals surface area contributed by atoms with Gasteiger partial charge in [0, 0.05) is 10.6 Å². The molecule has 0 radical (unpaired) electrons. The number of thioether (sulfide) groups is 1. The van der Waals surface area contributed by atoms with Gasteiger partial charge in [0.1, 0.15) is 4.34 Å². The first kappa shape index (κ1) is 13.6. The van der Waals surface area contributed by atoms with Crippen molar-refractivity contribution < 1.29 is 9.90 Å². The highest BCUT2D eigenvalue weighted by molar-refractivity contribution is 8.01. The molecule has 0 bridgehead atoms. The van der Waals surface area contributed by atoms with Crippen molar-refractivity contribution in [1.29, 1.82) is 0 Å². The topological polar surface area (TPSA) is 50.2 Å². The average Bonchev–Trinajstić information content (AvgIpc) is 2.70. The van der Waals surface area contributed by atoms with Crippen LogP contribution in [0.15, 0.2) is 28.6 Å². The summed E-state index contributed by atoms with van der Waals surface area (Å²) in [7, 11) is 0. The summed E-state index contributed by atoms with van der Waals surface area (Å²) in [5, 5.41) is 8.85. The maximum absolute atomic E-state index is 10.8. The SMILES string of the molecule is Cc1nc(SCC2Cc3ccccc32)sc1CC(=O)O. The molecule has 0 spiro atoms. The number of carboxylic acids is 1. The van der Waals surface area contributed by atoms with Crippen LogP contribution in [0.25, 0.3) is 0 Å². The van der Waals surface area contributed by atoms with Gasteiger partial charge in [0.25, 0.3) is 0 Å². The highest BCUT2D eigenvalue weighted by Crippen LogP contribution is 2.39. The van der Waals surface area contributed by atoms with Crippen molar-refractivity contribution in [3.63, 3.8) is 0 Å². The predicted octanol–water partition coefficient (Wildman–Crippen LogP) is 3.51. The summed E-state index contributed by atoms with van der Waals surface area (Å²) in [5.74, 6) is 0.848. The molecule has 1 N–H and O–H groups in total. The lowest BCUT2D eigenvalue weighted by Gasteiger charge is -2.29. The number of carboxylic acid groups (broad SMARTS) is 1. The van der Waals surface area contributed by atoms with Crippen LogP contribution in [-0.4, -0.2) is 21.8 Å². The molecule has 3 nitrogen and oxygen atoms in total. The number of hydrogen-bond donors (Lipinski definition) is 1. The molecule has 2 aromatic rings. The first-order valence-electron chi connectivity index (χ1n) is 6.52. The summed E-state index contributed by atoms with van der Waals surface area (Å²) < 4.78 is 0.989. The molecule has 1 heterocycles. The molecule has 1 aliphatic carbocycles. The van der Waals surface area contributed by atoms with Crippen molar-refractivity contribution in [3.8, 4) is 0 Å². The van der Waals surface area contributed by atoms with Crippen LogP contribution in [0.4, 0.5) is 0 Å². The van der Waals surface area contributed by atoms with Gasteiger partial charge in [0.15, 0.2) is 0 Å². The smallest absolute Gasteiger partial charge is 0.308 e. The molecule has 104 valence electrons. The van der Waals surface area contributed by atoms with Gasteiger partial charge in [0.05, 0.1) is 12.1 Å². The lowest BCUT2D eigenvalue weighted by Crippen LogP contribution is -2.18. The second-order valence-electron chi connectivity index (χ2n) is 4.97. The van der Waals surface area contributed by atoms with Crippen molar-refractivity contribution in [2.45, 2.75) is 30.0 Å². The Morgan fingerprint density at radius 1 is 1.50 bits per heavy atom. The summed E-state index contributed by atoms with van der Waals surface area (Å²) in [5.41, 5.74) is 3.77. The normalized spacial score (nSPS) is 16.6. The third-order valence-electron chi connectivity index (χ3n) is 3.55. The Hall–Kier alpha value is -1.33. The molecule has 1 unspecified atom stereocenters. The average molecular weight is 305 g/mol. The number of aliphatic carboxylic acids is 1. The number of hydrogen-bond acceptors (Lipinski definition) is 4. The first-order valence-corrected chi connectivity index (χ1v) is 8.32. The molecule has 0 aliphatic heterocycles. The van der Waals surface area contributed by atoms with E-state index in [1.807, 2.05) is 6.92 Å². The number of aryl methyl sites for hydroxylation is 1. The number of aromatic nitrogens is 1. The minimum Gasteiger partial charge on any atom is -0.481 e. The summed E-state index contributed by atoms with van der Waals surface area (Å²) in [6, 6.07) is 8.57. The molecule has 0 amide bonds. The van der Waals surface area contributed by atoms with Gasteiger partial charge in [-0.15, -0.1) is 11.3 Å². The van der Waals surface area contributed by atoms with E-state index in [0.29, 0.717) is 5.92 Å². The molecule has 5 heteroatoms. The van der Waals surface area contributed by atoms with Crippen LogP contribution in [0.1, 0.15) is 27.6 Å². The molecule has 1 aromatic carbocycles. The quantitative estimate of drug-likeness (QED) is 0.859. The number of benzene rings is 1. The minimum atomic E-state index is -0.791. The fourth-order valence-electron chi connectivity index (χ4n) is 2.45. The third kappa shape index (κ3) is 2.74. The van der Waals surface area contributed by atoms with Gasteiger partial charge >= 0.3 is 5.97 Å². The third-order valence-corrected chi connectivity index (χ3v) is 6.02. The zero-order chi connectivity index (χ0) is 14.1. The fourth-order valence-corrected chi connectivity index (χ4v) is 4.81. The second kappa shape index (κ2) is 5.58. The van der Waals surface area contributed by atoms with Crippen molar-refractivity contribution >= 4 is 29.1 Å². The first-order chi connectivity index (χ1) is 9.63. The van der Waals surface area contributed by atoms with E-state index in [2.05, 4.69) is 29.2 Å². The Morgan fingerprint density at radius 2 is 2.30 bits per heavy atom. The second-order valence-corrected chi connectivity index (χ2v) is 7.32. The molecular formula is C15H15NO2S2. The van der Waals surface area contributed by atoms with Crippen molar-refractivity contribution in [2.75, 3.05) is 5.75 Å². The molecule has 1 aliphatic rings. The van der Waals surface area contributed by atoms with Gasteiger partial charge in [-0.25, -0.2) is 4.98 Å². The molecular weight excluding hydrogens is 290 g/mol. The van der Waals surface area contributed by atoms with E-state index < -0.39 is 5.97 Å². The molecule has 3 rings (SSSR count). The maximum Gasteiger partial charge on any atom is 0.308 e. The maximum atomic E-state index is 10.8. The summed E-state index contributed by atoms with van der Waals surface area (Å²) >= 11 is 3.26. The van der Waals surface area contributed by atoms with Crippen molar-refractivity contribution in [1.82, 2.24) is 4.98 Å². The zero-order valence-electron chi connectivity index (χ0n) is 11.1. The van der Waals surface area contributed by atoms with Gasteiger partial charge in [0.2, 0.25) is 0 Å². The lowest BCUT2D eigenvalue weighted by molar-refractivity contribution is -0.136. The molecule has 0 fully saturated rings. The predicted molar refractivity (Wildman–Crippen MR) is 81.8 cm³/mol.